The summed E-state index contributed by atoms with van der Waals surface area (Å²) in [5.41, 5.74) is 2.69. The van der Waals surface area contributed by atoms with Crippen LogP contribution in [0.2, 0.25) is 0 Å². The molecule has 2 aliphatic rings. The van der Waals surface area contributed by atoms with Gasteiger partial charge in [-0.05, 0) is 66.3 Å². The van der Waals surface area contributed by atoms with Crippen molar-refractivity contribution in [2.24, 2.45) is 5.92 Å². The van der Waals surface area contributed by atoms with Gasteiger partial charge in [-0.25, -0.2) is 0 Å². The van der Waals surface area contributed by atoms with Crippen molar-refractivity contribution < 1.29 is 19.1 Å². The first kappa shape index (κ1) is 29.0. The number of unbranched alkanes of at least 4 members (excludes halogenated alkanes) is 3. The number of hydrogen-bond acceptors (Lipinski definition) is 7. The van der Waals surface area contributed by atoms with Gasteiger partial charge in [0.2, 0.25) is 5.12 Å². The molecule has 202 valence electrons. The highest BCUT2D eigenvalue weighted by atomic mass is 35.5. The molecule has 8 heteroatoms. The van der Waals surface area contributed by atoms with Crippen LogP contribution in [0.1, 0.15) is 86.6 Å². The molecule has 0 bridgehead atoms. The van der Waals surface area contributed by atoms with Crippen LogP contribution in [0.3, 0.4) is 0 Å². The number of alkyl halides is 1. The van der Waals surface area contributed by atoms with E-state index in [0.29, 0.717) is 37.1 Å². The summed E-state index contributed by atoms with van der Waals surface area (Å²) < 4.78 is 11.2. The van der Waals surface area contributed by atoms with Crippen LogP contribution in [-0.4, -0.2) is 43.2 Å². The molecule has 37 heavy (non-hydrogen) atoms. The zero-order chi connectivity index (χ0) is 26.6. The molecule has 1 atom stereocenters. The van der Waals surface area contributed by atoms with Crippen molar-refractivity contribution >= 4 is 63.0 Å². The van der Waals surface area contributed by atoms with Gasteiger partial charge in [-0.3, -0.25) is 9.59 Å². The van der Waals surface area contributed by atoms with Gasteiger partial charge in [-0.1, -0.05) is 40.5 Å². The van der Waals surface area contributed by atoms with Crippen molar-refractivity contribution in [2.45, 2.75) is 71.1 Å². The maximum Gasteiger partial charge on any atom is 0.204 e. The predicted octanol–water partition coefficient (Wildman–Crippen LogP) is 8.26. The summed E-state index contributed by atoms with van der Waals surface area (Å²) in [7, 11) is 0. The topological polar surface area (TPSA) is 52.6 Å². The minimum atomic E-state index is -0.611. The number of allylic oxidation sites excluding steroid dienone is 1. The second-order valence-corrected chi connectivity index (χ2v) is 14.1. The van der Waals surface area contributed by atoms with Crippen molar-refractivity contribution in [2.75, 3.05) is 32.3 Å². The van der Waals surface area contributed by atoms with Crippen LogP contribution < -0.4 is 0 Å². The van der Waals surface area contributed by atoms with E-state index in [4.69, 9.17) is 21.1 Å². The number of thiophene rings is 2. The van der Waals surface area contributed by atoms with Crippen LogP contribution in [0, 0.1) is 5.92 Å². The van der Waals surface area contributed by atoms with Gasteiger partial charge < -0.3 is 9.47 Å². The second kappa shape index (κ2) is 12.9. The molecule has 0 spiro atoms. The Labute approximate surface area is 238 Å². The largest absolute Gasteiger partial charge is 0.379 e. The van der Waals surface area contributed by atoms with E-state index in [9.17, 15) is 9.59 Å². The number of carbonyl (C=O) groups is 2. The smallest absolute Gasteiger partial charge is 0.204 e. The molecule has 4 rings (SSSR count). The van der Waals surface area contributed by atoms with Gasteiger partial charge in [-0.2, -0.15) is 0 Å². The molecular formula is C29H37ClO4S3. The standard InChI is InChI=1S/C29H37ClO4S3/c1-18(2)23-17-22-27(36-23)26-21(29(22,3)4)15-19(35-26)16-24-25(31)20(28(32)37-24)9-12-34-14-13-33-11-8-6-5-7-10-30/h15-18,20H,5-14H2,1-4H3/b24-16-. The van der Waals surface area contributed by atoms with Crippen LogP contribution in [0.15, 0.2) is 17.0 Å². The first-order valence-corrected chi connectivity index (χ1v) is 16.2. The van der Waals surface area contributed by atoms with Crippen LogP contribution in [0.25, 0.3) is 15.8 Å². The maximum absolute atomic E-state index is 13.0. The molecule has 0 aromatic carbocycles. The molecule has 0 saturated carbocycles. The number of ether oxygens (including phenoxy) is 2. The number of Topliss-reactive ketones (excluding diaryl/α,β-unsaturated/α-hetero) is 1. The van der Waals surface area contributed by atoms with E-state index in [1.807, 2.05) is 17.4 Å². The summed E-state index contributed by atoms with van der Waals surface area (Å²) in [5.74, 6) is 0.554. The third-order valence-electron chi connectivity index (χ3n) is 7.05. The molecule has 3 heterocycles. The summed E-state index contributed by atoms with van der Waals surface area (Å²) in [4.78, 5) is 31.3. The summed E-state index contributed by atoms with van der Waals surface area (Å²) >= 11 is 10.4. The van der Waals surface area contributed by atoms with Gasteiger partial charge in [0, 0.05) is 44.0 Å². The first-order chi connectivity index (χ1) is 17.7. The Morgan fingerprint density at radius 2 is 1.62 bits per heavy atom. The van der Waals surface area contributed by atoms with E-state index in [1.165, 1.54) is 25.8 Å². The maximum atomic E-state index is 13.0. The molecule has 2 aromatic rings. The van der Waals surface area contributed by atoms with Gasteiger partial charge in [0.15, 0.2) is 5.78 Å². The van der Waals surface area contributed by atoms with Gasteiger partial charge in [0.1, 0.15) is 0 Å². The lowest BCUT2D eigenvalue weighted by molar-refractivity contribution is -0.125. The summed E-state index contributed by atoms with van der Waals surface area (Å²) in [6.45, 7) is 11.2. The number of hydrogen-bond donors (Lipinski definition) is 0. The lowest BCUT2D eigenvalue weighted by Gasteiger charge is -2.19. The summed E-state index contributed by atoms with van der Waals surface area (Å²) in [6.07, 6.45) is 6.71. The molecule has 1 aliphatic heterocycles. The average molecular weight is 581 g/mol. The van der Waals surface area contributed by atoms with Gasteiger partial charge in [-0.15, -0.1) is 34.3 Å². The third kappa shape index (κ3) is 6.62. The fourth-order valence-corrected chi connectivity index (χ4v) is 8.77. The molecule has 1 saturated heterocycles. The van der Waals surface area contributed by atoms with Crippen LogP contribution >= 0.6 is 46.0 Å². The fourth-order valence-electron chi connectivity index (χ4n) is 4.75. The van der Waals surface area contributed by atoms with E-state index < -0.39 is 5.92 Å². The van der Waals surface area contributed by atoms with Crippen molar-refractivity contribution in [1.82, 2.24) is 0 Å². The van der Waals surface area contributed by atoms with Gasteiger partial charge >= 0.3 is 0 Å². The van der Waals surface area contributed by atoms with Crippen LogP contribution in [0.5, 0.6) is 0 Å². The molecule has 4 nitrogen and oxygen atoms in total. The lowest BCUT2D eigenvalue weighted by atomic mass is 9.83. The second-order valence-electron chi connectivity index (χ2n) is 10.5. The molecule has 0 radical (unpaired) electrons. The Bertz CT molecular complexity index is 1140. The summed E-state index contributed by atoms with van der Waals surface area (Å²) in [5, 5.41) is -0.0698. The third-order valence-corrected chi connectivity index (χ3v) is 11.0. The van der Waals surface area contributed by atoms with Crippen LogP contribution in [0.4, 0.5) is 0 Å². The Hall–Kier alpha value is -0.960. The predicted molar refractivity (Wildman–Crippen MR) is 158 cm³/mol. The monoisotopic (exact) mass is 580 g/mol. The van der Waals surface area contributed by atoms with Gasteiger partial charge in [0.05, 0.1) is 24.0 Å². The van der Waals surface area contributed by atoms with E-state index in [1.54, 1.807) is 11.3 Å². The first-order valence-electron chi connectivity index (χ1n) is 13.2. The van der Waals surface area contributed by atoms with E-state index >= 15 is 0 Å². The van der Waals surface area contributed by atoms with Gasteiger partial charge in [0.25, 0.3) is 0 Å². The lowest BCUT2D eigenvalue weighted by Crippen LogP contribution is -2.17. The number of ketones is 1. The highest BCUT2D eigenvalue weighted by molar-refractivity contribution is 8.18. The molecular weight excluding hydrogens is 544 g/mol. The molecule has 1 aliphatic carbocycles. The van der Waals surface area contributed by atoms with Crippen molar-refractivity contribution in [3.8, 4) is 9.75 Å². The Kier molecular flexibility index (Phi) is 10.1. The number of carbonyl (C=O) groups excluding carboxylic acids is 2. The molecule has 1 fully saturated rings. The van der Waals surface area contributed by atoms with E-state index in [-0.39, 0.29) is 16.3 Å². The quantitative estimate of drug-likeness (QED) is 0.0974. The Balaban J connectivity index is 1.28. The summed E-state index contributed by atoms with van der Waals surface area (Å²) in [6, 6.07) is 4.58. The zero-order valence-electron chi connectivity index (χ0n) is 22.2. The molecule has 1 unspecified atom stereocenters. The van der Waals surface area contributed by atoms with Crippen molar-refractivity contribution in [3.63, 3.8) is 0 Å². The molecule has 0 amide bonds. The number of thioether (sulfide) groups is 1. The Morgan fingerprint density at radius 1 is 0.946 bits per heavy atom. The molecule has 2 aromatic heterocycles. The minimum Gasteiger partial charge on any atom is -0.379 e. The highest BCUT2D eigenvalue weighted by Gasteiger charge is 2.41. The number of fused-ring (bicyclic) bond motifs is 3. The van der Waals surface area contributed by atoms with Crippen LogP contribution in [-0.2, 0) is 24.5 Å². The normalized spacial score (nSPS) is 19.4. The van der Waals surface area contributed by atoms with Crippen molar-refractivity contribution in [1.29, 1.82) is 0 Å². The van der Waals surface area contributed by atoms with E-state index in [0.717, 1.165) is 54.8 Å². The van der Waals surface area contributed by atoms with Crippen molar-refractivity contribution in [3.05, 3.63) is 37.9 Å². The highest BCUT2D eigenvalue weighted by Crippen LogP contribution is 2.56. The Morgan fingerprint density at radius 3 is 2.35 bits per heavy atom. The zero-order valence-corrected chi connectivity index (χ0v) is 25.4. The average Bonchev–Trinajstić information content (AvgIpc) is 3.58. The van der Waals surface area contributed by atoms with E-state index in [2.05, 4.69) is 39.8 Å². The molecule has 0 N–H and O–H groups in total. The SMILES string of the molecule is CC(C)c1cc2c(s1)-c1sc(/C=C3\SC(=O)C(CCOCCOCCCCCCCl)C3=O)cc1C2(C)C. The minimum absolute atomic E-state index is 0.0436. The number of halogens is 1. The number of rotatable bonds is 14. The fraction of sp³-hybridized carbons (Fsp3) is 0.586.